The number of thiazole rings is 1. The summed E-state index contributed by atoms with van der Waals surface area (Å²) < 4.78 is 5.20. The molecule has 0 aliphatic rings. The van der Waals surface area contributed by atoms with Crippen LogP contribution in [-0.2, 0) is 20.9 Å². The van der Waals surface area contributed by atoms with Crippen LogP contribution in [0.5, 0.6) is 0 Å². The molecular weight excluding hydrogens is 290 g/mol. The highest BCUT2D eigenvalue weighted by Gasteiger charge is 2.16. The van der Waals surface area contributed by atoms with E-state index in [1.807, 2.05) is 33.1 Å². The van der Waals surface area contributed by atoms with Crippen molar-refractivity contribution < 1.29 is 14.3 Å². The summed E-state index contributed by atoms with van der Waals surface area (Å²) in [6.45, 7) is 10.1. The molecule has 21 heavy (non-hydrogen) atoms. The van der Waals surface area contributed by atoms with Gasteiger partial charge in [-0.2, -0.15) is 0 Å². The third kappa shape index (κ3) is 6.22. The van der Waals surface area contributed by atoms with Crippen LogP contribution in [0.4, 0.5) is 5.13 Å². The van der Waals surface area contributed by atoms with Gasteiger partial charge in [-0.25, -0.2) is 4.98 Å². The summed E-state index contributed by atoms with van der Waals surface area (Å²) in [5.74, 6) is -0.322. The van der Waals surface area contributed by atoms with Gasteiger partial charge in [-0.15, -0.1) is 11.3 Å². The lowest BCUT2D eigenvalue weighted by Crippen LogP contribution is -2.31. The average molecular weight is 313 g/mol. The first-order valence-electron chi connectivity index (χ1n) is 6.88. The van der Waals surface area contributed by atoms with Crippen LogP contribution in [0.2, 0.25) is 0 Å². The smallest absolute Gasteiger partial charge is 0.320 e. The second-order valence-corrected chi connectivity index (χ2v) is 6.41. The Bertz CT molecular complexity index is 494. The molecule has 1 heterocycles. The van der Waals surface area contributed by atoms with Gasteiger partial charge in [0.1, 0.15) is 5.60 Å². The fourth-order valence-corrected chi connectivity index (χ4v) is 2.60. The molecule has 1 amide bonds. The van der Waals surface area contributed by atoms with Gasteiger partial charge in [0.05, 0.1) is 12.2 Å². The van der Waals surface area contributed by atoms with Crippen LogP contribution in [0.15, 0.2) is 5.38 Å². The maximum absolute atomic E-state index is 11.5. The normalized spacial score (nSPS) is 11.3. The summed E-state index contributed by atoms with van der Waals surface area (Å²) in [6, 6.07) is 0. The minimum absolute atomic E-state index is 0.0277. The topological polar surface area (TPSA) is 71.5 Å². The highest BCUT2D eigenvalue weighted by molar-refractivity contribution is 7.14. The molecule has 0 saturated heterocycles. The number of rotatable bonds is 6. The van der Waals surface area contributed by atoms with E-state index in [0.717, 1.165) is 5.69 Å². The molecule has 118 valence electrons. The number of hydrogen-bond donors (Lipinski definition) is 1. The van der Waals surface area contributed by atoms with Gasteiger partial charge in [-0.05, 0) is 27.7 Å². The van der Waals surface area contributed by atoms with Gasteiger partial charge in [0.15, 0.2) is 5.13 Å². The molecule has 0 aliphatic heterocycles. The van der Waals surface area contributed by atoms with Gasteiger partial charge in [-0.3, -0.25) is 14.5 Å². The van der Waals surface area contributed by atoms with Crippen molar-refractivity contribution >= 4 is 28.3 Å². The molecule has 1 aromatic heterocycles. The molecule has 0 fully saturated rings. The second kappa shape index (κ2) is 7.51. The van der Waals surface area contributed by atoms with Crippen molar-refractivity contribution in [2.75, 3.05) is 18.0 Å². The second-order valence-electron chi connectivity index (χ2n) is 5.57. The summed E-state index contributed by atoms with van der Waals surface area (Å²) in [4.78, 5) is 29.0. The number of nitrogens with zero attached hydrogens (tertiary/aromatic N) is 2. The summed E-state index contributed by atoms with van der Waals surface area (Å²) >= 11 is 1.42. The van der Waals surface area contributed by atoms with E-state index in [1.54, 1.807) is 4.90 Å². The van der Waals surface area contributed by atoms with Crippen molar-refractivity contribution in [3.63, 3.8) is 0 Å². The first-order valence-corrected chi connectivity index (χ1v) is 7.76. The third-order valence-corrected chi connectivity index (χ3v) is 3.37. The minimum Gasteiger partial charge on any atom is -0.459 e. The van der Waals surface area contributed by atoms with Crippen LogP contribution in [0, 0.1) is 0 Å². The zero-order valence-corrected chi connectivity index (χ0v) is 14.0. The Morgan fingerprint density at radius 2 is 2.10 bits per heavy atom. The number of nitrogens with one attached hydrogen (secondary N) is 1. The molecule has 1 N–H and O–H groups in total. The van der Waals surface area contributed by atoms with E-state index in [4.69, 9.17) is 4.74 Å². The molecule has 1 rings (SSSR count). The lowest BCUT2D eigenvalue weighted by atomic mass is 10.2. The van der Waals surface area contributed by atoms with Crippen LogP contribution in [0.25, 0.3) is 0 Å². The maximum atomic E-state index is 11.5. The summed E-state index contributed by atoms with van der Waals surface area (Å²) in [5, 5.41) is 5.55. The molecule has 6 nitrogen and oxygen atoms in total. The van der Waals surface area contributed by atoms with Crippen molar-refractivity contribution in [2.24, 2.45) is 0 Å². The molecule has 0 bridgehead atoms. The van der Waals surface area contributed by atoms with Crippen LogP contribution >= 0.6 is 11.3 Å². The average Bonchev–Trinajstić information content (AvgIpc) is 2.75. The standard InChI is InChI=1S/C14H23N3O3S/c1-6-17(10(2)18)13-16-11(9-21-13)7-15-8-12(19)20-14(3,4)5/h9,15H,6-8H2,1-5H3. The summed E-state index contributed by atoms with van der Waals surface area (Å²) in [5.41, 5.74) is 0.327. The number of amides is 1. The van der Waals surface area contributed by atoms with Gasteiger partial charge >= 0.3 is 5.97 Å². The lowest BCUT2D eigenvalue weighted by Gasteiger charge is -2.19. The van der Waals surface area contributed by atoms with E-state index in [9.17, 15) is 9.59 Å². The third-order valence-electron chi connectivity index (χ3n) is 2.46. The molecule has 0 atom stereocenters. The van der Waals surface area contributed by atoms with Crippen LogP contribution in [-0.4, -0.2) is 35.6 Å². The minimum atomic E-state index is -0.477. The Labute approximate surface area is 129 Å². The fourth-order valence-electron chi connectivity index (χ4n) is 1.66. The number of hydrogen-bond acceptors (Lipinski definition) is 6. The van der Waals surface area contributed by atoms with Gasteiger partial charge in [-0.1, -0.05) is 0 Å². The SMILES string of the molecule is CCN(C(C)=O)c1nc(CNCC(=O)OC(C)(C)C)cs1. The van der Waals surface area contributed by atoms with E-state index < -0.39 is 5.60 Å². The molecule has 1 aromatic rings. The van der Waals surface area contributed by atoms with E-state index in [0.29, 0.717) is 18.2 Å². The maximum Gasteiger partial charge on any atom is 0.320 e. The van der Waals surface area contributed by atoms with Gasteiger partial charge in [0.25, 0.3) is 0 Å². The zero-order chi connectivity index (χ0) is 16.0. The number of carbonyl (C=O) groups is 2. The first-order chi connectivity index (χ1) is 9.73. The Morgan fingerprint density at radius 1 is 1.43 bits per heavy atom. The Hall–Kier alpha value is -1.47. The van der Waals surface area contributed by atoms with Gasteiger partial charge < -0.3 is 10.1 Å². The highest BCUT2D eigenvalue weighted by Crippen LogP contribution is 2.20. The molecule has 0 aliphatic carbocycles. The van der Waals surface area contributed by atoms with Crippen molar-refractivity contribution in [1.29, 1.82) is 0 Å². The number of aromatic nitrogens is 1. The molecule has 0 radical (unpaired) electrons. The first kappa shape index (κ1) is 17.6. The molecule has 0 saturated carbocycles. The molecule has 0 unspecified atom stereocenters. The van der Waals surface area contributed by atoms with E-state index in [2.05, 4.69) is 10.3 Å². The van der Waals surface area contributed by atoms with E-state index in [-0.39, 0.29) is 18.4 Å². The number of esters is 1. The zero-order valence-electron chi connectivity index (χ0n) is 13.2. The Kier molecular flexibility index (Phi) is 6.29. The monoisotopic (exact) mass is 313 g/mol. The Balaban J connectivity index is 2.45. The van der Waals surface area contributed by atoms with Crippen LogP contribution in [0.1, 0.15) is 40.3 Å². The molecule has 0 spiro atoms. The molecule has 0 aromatic carbocycles. The summed E-state index contributed by atoms with van der Waals surface area (Å²) in [7, 11) is 0. The van der Waals surface area contributed by atoms with Crippen molar-refractivity contribution in [3.05, 3.63) is 11.1 Å². The number of anilines is 1. The number of ether oxygens (including phenoxy) is 1. The van der Waals surface area contributed by atoms with Crippen molar-refractivity contribution in [1.82, 2.24) is 10.3 Å². The lowest BCUT2D eigenvalue weighted by molar-refractivity contribution is -0.153. The predicted octanol–water partition coefficient (Wildman–Crippen LogP) is 1.95. The van der Waals surface area contributed by atoms with E-state index >= 15 is 0 Å². The van der Waals surface area contributed by atoms with Crippen molar-refractivity contribution in [2.45, 2.75) is 46.8 Å². The Morgan fingerprint density at radius 3 is 2.62 bits per heavy atom. The number of carbonyl (C=O) groups excluding carboxylic acids is 2. The van der Waals surface area contributed by atoms with E-state index in [1.165, 1.54) is 18.3 Å². The molecule has 7 heteroatoms. The quantitative estimate of drug-likeness (QED) is 0.813. The van der Waals surface area contributed by atoms with Gasteiger partial charge in [0.2, 0.25) is 5.91 Å². The predicted molar refractivity (Wildman–Crippen MR) is 83.4 cm³/mol. The largest absolute Gasteiger partial charge is 0.459 e. The van der Waals surface area contributed by atoms with Crippen LogP contribution in [0.3, 0.4) is 0 Å². The highest BCUT2D eigenvalue weighted by atomic mass is 32.1. The van der Waals surface area contributed by atoms with Crippen molar-refractivity contribution in [3.8, 4) is 0 Å². The molecular formula is C14H23N3O3S. The summed E-state index contributed by atoms with van der Waals surface area (Å²) in [6.07, 6.45) is 0. The van der Waals surface area contributed by atoms with Gasteiger partial charge in [0, 0.05) is 25.4 Å². The van der Waals surface area contributed by atoms with Crippen LogP contribution < -0.4 is 10.2 Å². The fraction of sp³-hybridized carbons (Fsp3) is 0.643.